The lowest BCUT2D eigenvalue weighted by Crippen LogP contribution is -2.08. The number of aromatic nitrogens is 2. The fourth-order valence-electron chi connectivity index (χ4n) is 1.40. The number of hydrogen-bond acceptors (Lipinski definition) is 4. The van der Waals surface area contributed by atoms with Gasteiger partial charge in [-0.2, -0.15) is 4.98 Å². The lowest BCUT2D eigenvalue weighted by atomic mass is 10.2. The average molecular weight is 235 g/mol. The van der Waals surface area contributed by atoms with E-state index in [1.165, 1.54) is 0 Å². The summed E-state index contributed by atoms with van der Waals surface area (Å²) in [5.41, 5.74) is 2.07. The number of anilines is 1. The first-order valence-electron chi connectivity index (χ1n) is 5.90. The SMILES string of the molecule is C=C(C)CCOc1nc(C)nc(NCC)c1C. The number of aryl methyl sites for hydroxylation is 1. The van der Waals surface area contributed by atoms with Gasteiger partial charge in [-0.05, 0) is 27.7 Å². The minimum atomic E-state index is 0.609. The smallest absolute Gasteiger partial charge is 0.221 e. The second kappa shape index (κ2) is 6.23. The Balaban J connectivity index is 2.79. The van der Waals surface area contributed by atoms with Gasteiger partial charge in [0.2, 0.25) is 5.88 Å². The van der Waals surface area contributed by atoms with E-state index in [2.05, 4.69) is 21.9 Å². The summed E-state index contributed by atoms with van der Waals surface area (Å²) >= 11 is 0. The Hall–Kier alpha value is -1.58. The van der Waals surface area contributed by atoms with Crippen LogP contribution in [0.25, 0.3) is 0 Å². The Morgan fingerprint density at radius 3 is 2.65 bits per heavy atom. The lowest BCUT2D eigenvalue weighted by molar-refractivity contribution is 0.306. The summed E-state index contributed by atoms with van der Waals surface area (Å²) in [4.78, 5) is 8.66. The van der Waals surface area contributed by atoms with Gasteiger partial charge in [-0.1, -0.05) is 5.57 Å². The van der Waals surface area contributed by atoms with Crippen molar-refractivity contribution >= 4 is 5.82 Å². The Kier molecular flexibility index (Phi) is 4.94. The minimum absolute atomic E-state index is 0.609. The van der Waals surface area contributed by atoms with Gasteiger partial charge in [0.25, 0.3) is 0 Å². The summed E-state index contributed by atoms with van der Waals surface area (Å²) in [6, 6.07) is 0. The first kappa shape index (κ1) is 13.5. The molecule has 0 saturated carbocycles. The van der Waals surface area contributed by atoms with Crippen LogP contribution in [0.1, 0.15) is 31.7 Å². The van der Waals surface area contributed by atoms with Crippen LogP contribution >= 0.6 is 0 Å². The molecule has 0 radical (unpaired) electrons. The van der Waals surface area contributed by atoms with E-state index in [0.29, 0.717) is 12.5 Å². The minimum Gasteiger partial charge on any atom is -0.477 e. The zero-order valence-corrected chi connectivity index (χ0v) is 11.1. The molecule has 1 rings (SSSR count). The maximum atomic E-state index is 5.66. The molecule has 0 unspecified atom stereocenters. The van der Waals surface area contributed by atoms with Crippen molar-refractivity contribution in [1.82, 2.24) is 9.97 Å². The van der Waals surface area contributed by atoms with Crippen molar-refractivity contribution in [2.75, 3.05) is 18.5 Å². The van der Waals surface area contributed by atoms with Crippen molar-refractivity contribution in [1.29, 1.82) is 0 Å². The largest absolute Gasteiger partial charge is 0.477 e. The molecule has 4 heteroatoms. The summed E-state index contributed by atoms with van der Waals surface area (Å²) in [7, 11) is 0. The van der Waals surface area contributed by atoms with Gasteiger partial charge in [0, 0.05) is 13.0 Å². The molecule has 0 aliphatic carbocycles. The maximum absolute atomic E-state index is 5.66. The van der Waals surface area contributed by atoms with Gasteiger partial charge in [0.05, 0.1) is 12.2 Å². The van der Waals surface area contributed by atoms with E-state index < -0.39 is 0 Å². The van der Waals surface area contributed by atoms with Crippen molar-refractivity contribution in [2.45, 2.75) is 34.1 Å². The van der Waals surface area contributed by atoms with Gasteiger partial charge in [0.1, 0.15) is 11.6 Å². The van der Waals surface area contributed by atoms with Crippen LogP contribution in [-0.2, 0) is 0 Å². The monoisotopic (exact) mass is 235 g/mol. The second-order valence-electron chi connectivity index (χ2n) is 4.14. The highest BCUT2D eigenvalue weighted by Gasteiger charge is 2.09. The van der Waals surface area contributed by atoms with Crippen LogP contribution in [0, 0.1) is 13.8 Å². The molecule has 1 aromatic rings. The number of hydrogen-bond donors (Lipinski definition) is 1. The zero-order chi connectivity index (χ0) is 12.8. The van der Waals surface area contributed by atoms with E-state index >= 15 is 0 Å². The molecule has 0 aliphatic rings. The molecule has 4 nitrogen and oxygen atoms in total. The fraction of sp³-hybridized carbons (Fsp3) is 0.538. The first-order valence-corrected chi connectivity index (χ1v) is 5.90. The van der Waals surface area contributed by atoms with E-state index in [0.717, 1.165) is 35.7 Å². The van der Waals surface area contributed by atoms with E-state index in [9.17, 15) is 0 Å². The molecule has 0 aromatic carbocycles. The van der Waals surface area contributed by atoms with Crippen LogP contribution in [0.3, 0.4) is 0 Å². The number of rotatable bonds is 6. The van der Waals surface area contributed by atoms with Crippen LogP contribution in [0.4, 0.5) is 5.82 Å². The Morgan fingerprint density at radius 2 is 2.06 bits per heavy atom. The lowest BCUT2D eigenvalue weighted by Gasteiger charge is -2.12. The molecule has 0 spiro atoms. The maximum Gasteiger partial charge on any atom is 0.221 e. The zero-order valence-electron chi connectivity index (χ0n) is 11.1. The molecular weight excluding hydrogens is 214 g/mol. The highest BCUT2D eigenvalue weighted by atomic mass is 16.5. The molecule has 0 fully saturated rings. The van der Waals surface area contributed by atoms with E-state index in [4.69, 9.17) is 4.74 Å². The van der Waals surface area contributed by atoms with Crippen LogP contribution in [0.5, 0.6) is 5.88 Å². The van der Waals surface area contributed by atoms with Crippen molar-refractivity contribution in [3.8, 4) is 5.88 Å². The van der Waals surface area contributed by atoms with E-state index in [1.807, 2.05) is 27.7 Å². The van der Waals surface area contributed by atoms with Gasteiger partial charge >= 0.3 is 0 Å². The predicted molar refractivity (Wildman–Crippen MR) is 70.6 cm³/mol. The van der Waals surface area contributed by atoms with Crippen LogP contribution in [0.15, 0.2) is 12.2 Å². The van der Waals surface area contributed by atoms with Gasteiger partial charge in [-0.3, -0.25) is 0 Å². The molecule has 94 valence electrons. The van der Waals surface area contributed by atoms with Gasteiger partial charge in [-0.15, -0.1) is 6.58 Å². The molecular formula is C13H21N3O. The molecule has 1 N–H and O–H groups in total. The third-order valence-corrected chi connectivity index (χ3v) is 2.32. The fourth-order valence-corrected chi connectivity index (χ4v) is 1.40. The molecule has 0 atom stereocenters. The van der Waals surface area contributed by atoms with Crippen LogP contribution in [-0.4, -0.2) is 23.1 Å². The third-order valence-electron chi connectivity index (χ3n) is 2.32. The van der Waals surface area contributed by atoms with Crippen molar-refractivity contribution in [2.24, 2.45) is 0 Å². The van der Waals surface area contributed by atoms with Crippen molar-refractivity contribution in [3.05, 3.63) is 23.5 Å². The molecule has 0 bridgehead atoms. The Bertz CT molecular complexity index is 402. The number of nitrogens with zero attached hydrogens (tertiary/aromatic N) is 2. The average Bonchev–Trinajstić information content (AvgIpc) is 2.24. The topological polar surface area (TPSA) is 47.0 Å². The third kappa shape index (κ3) is 4.06. The standard InChI is InChI=1S/C13H21N3O/c1-6-14-12-10(4)13(16-11(5)15-12)17-8-7-9(2)3/h2,6-8H2,1,3-5H3,(H,14,15,16). The molecule has 1 aromatic heterocycles. The normalized spacial score (nSPS) is 10.1. The summed E-state index contributed by atoms with van der Waals surface area (Å²) in [6.07, 6.45) is 0.846. The van der Waals surface area contributed by atoms with E-state index in [-0.39, 0.29) is 0 Å². The molecule has 1 heterocycles. The van der Waals surface area contributed by atoms with Gasteiger partial charge < -0.3 is 10.1 Å². The molecule has 0 aliphatic heterocycles. The Labute approximate surface area is 103 Å². The number of nitrogens with one attached hydrogen (secondary N) is 1. The van der Waals surface area contributed by atoms with Crippen molar-refractivity contribution < 1.29 is 4.74 Å². The predicted octanol–water partition coefficient (Wildman–Crippen LogP) is 2.87. The number of ether oxygens (including phenoxy) is 1. The molecule has 0 saturated heterocycles. The quantitative estimate of drug-likeness (QED) is 0.770. The second-order valence-corrected chi connectivity index (χ2v) is 4.14. The van der Waals surface area contributed by atoms with E-state index in [1.54, 1.807) is 0 Å². The summed E-state index contributed by atoms with van der Waals surface area (Å²) in [5, 5.41) is 3.21. The first-order chi connectivity index (χ1) is 8.04. The van der Waals surface area contributed by atoms with Crippen LogP contribution < -0.4 is 10.1 Å². The summed E-state index contributed by atoms with van der Waals surface area (Å²) < 4.78 is 5.66. The Morgan fingerprint density at radius 1 is 1.35 bits per heavy atom. The highest BCUT2D eigenvalue weighted by molar-refractivity contribution is 5.48. The summed E-state index contributed by atoms with van der Waals surface area (Å²) in [5.74, 6) is 2.23. The van der Waals surface area contributed by atoms with Crippen molar-refractivity contribution in [3.63, 3.8) is 0 Å². The molecule has 0 amide bonds. The summed E-state index contributed by atoms with van der Waals surface area (Å²) in [6.45, 7) is 13.2. The molecule has 17 heavy (non-hydrogen) atoms. The highest BCUT2D eigenvalue weighted by Crippen LogP contribution is 2.22. The van der Waals surface area contributed by atoms with Gasteiger partial charge in [0.15, 0.2) is 0 Å². The van der Waals surface area contributed by atoms with Crippen LogP contribution in [0.2, 0.25) is 0 Å². The van der Waals surface area contributed by atoms with Gasteiger partial charge in [-0.25, -0.2) is 4.98 Å².